The number of amides is 1. The van der Waals surface area contributed by atoms with Crippen molar-refractivity contribution in [1.82, 2.24) is 10.2 Å². The molecule has 3 atom stereocenters. The Hall–Kier alpha value is -1.33. The van der Waals surface area contributed by atoms with Crippen LogP contribution in [0.2, 0.25) is 0 Å². The third kappa shape index (κ3) is 3.06. The van der Waals surface area contributed by atoms with E-state index in [0.717, 1.165) is 50.8 Å². The quantitative estimate of drug-likeness (QED) is 0.901. The maximum absolute atomic E-state index is 12.3. The highest BCUT2D eigenvalue weighted by Gasteiger charge is 2.43. The van der Waals surface area contributed by atoms with E-state index >= 15 is 0 Å². The molecule has 2 aliphatic carbocycles. The molecule has 5 nitrogen and oxygen atoms in total. The number of carbonyl (C=O) groups excluding carboxylic acids is 1. The lowest BCUT2D eigenvalue weighted by Crippen LogP contribution is -2.47. The number of rotatable bonds is 5. The summed E-state index contributed by atoms with van der Waals surface area (Å²) in [6.45, 7) is 3.34. The second kappa shape index (κ2) is 6.05. The van der Waals surface area contributed by atoms with Crippen molar-refractivity contribution in [2.24, 2.45) is 11.8 Å². The maximum Gasteiger partial charge on any atom is 0.223 e. The molecule has 1 aromatic rings. The summed E-state index contributed by atoms with van der Waals surface area (Å²) in [6, 6.07) is 4.28. The van der Waals surface area contributed by atoms with Crippen molar-refractivity contribution in [3.05, 3.63) is 24.2 Å². The number of hydrogen-bond acceptors (Lipinski definition) is 4. The first-order valence-corrected chi connectivity index (χ1v) is 8.45. The van der Waals surface area contributed by atoms with Gasteiger partial charge in [-0.05, 0) is 43.7 Å². The van der Waals surface area contributed by atoms with Crippen LogP contribution in [-0.2, 0) is 16.1 Å². The van der Waals surface area contributed by atoms with Crippen molar-refractivity contribution in [2.45, 2.75) is 44.4 Å². The summed E-state index contributed by atoms with van der Waals surface area (Å²) in [6.07, 6.45) is 6.22. The summed E-state index contributed by atoms with van der Waals surface area (Å²) in [5.74, 6) is 2.05. The number of carbonyl (C=O) groups is 1. The zero-order chi connectivity index (χ0) is 14.9. The lowest BCUT2D eigenvalue weighted by molar-refractivity contribution is -0.125. The van der Waals surface area contributed by atoms with Crippen LogP contribution >= 0.6 is 0 Å². The van der Waals surface area contributed by atoms with E-state index in [1.165, 1.54) is 12.8 Å². The molecule has 3 fully saturated rings. The van der Waals surface area contributed by atoms with E-state index < -0.39 is 0 Å². The van der Waals surface area contributed by atoms with Crippen molar-refractivity contribution in [1.29, 1.82) is 0 Å². The summed E-state index contributed by atoms with van der Waals surface area (Å²) in [5.41, 5.74) is 0. The van der Waals surface area contributed by atoms with Crippen molar-refractivity contribution >= 4 is 5.91 Å². The lowest BCUT2D eigenvalue weighted by Gasteiger charge is -2.37. The summed E-state index contributed by atoms with van der Waals surface area (Å²) in [7, 11) is 0. The maximum atomic E-state index is 12.3. The average molecular weight is 304 g/mol. The first-order chi connectivity index (χ1) is 10.8. The van der Waals surface area contributed by atoms with E-state index in [1.54, 1.807) is 6.26 Å². The fourth-order valence-corrected chi connectivity index (χ4v) is 3.75. The number of furan rings is 1. The van der Waals surface area contributed by atoms with E-state index in [4.69, 9.17) is 9.15 Å². The van der Waals surface area contributed by atoms with E-state index in [1.807, 2.05) is 12.1 Å². The molecule has 1 saturated heterocycles. The Balaban J connectivity index is 1.36. The molecule has 4 rings (SSSR count). The zero-order valence-electron chi connectivity index (χ0n) is 12.9. The molecule has 22 heavy (non-hydrogen) atoms. The Bertz CT molecular complexity index is 512. The van der Waals surface area contributed by atoms with Crippen LogP contribution in [0.1, 0.15) is 31.4 Å². The molecule has 0 radical (unpaired) electrons. The number of morpholine rings is 1. The minimum Gasteiger partial charge on any atom is -0.468 e. The second-order valence-corrected chi connectivity index (χ2v) is 6.88. The van der Waals surface area contributed by atoms with Crippen molar-refractivity contribution in [2.75, 3.05) is 19.7 Å². The van der Waals surface area contributed by atoms with Gasteiger partial charge in [-0.15, -0.1) is 0 Å². The fraction of sp³-hybridized carbons (Fsp3) is 0.706. The van der Waals surface area contributed by atoms with Gasteiger partial charge < -0.3 is 14.5 Å². The molecule has 1 amide bonds. The Kier molecular flexibility index (Phi) is 3.92. The predicted octanol–water partition coefficient (Wildman–Crippen LogP) is 1.79. The monoisotopic (exact) mass is 304 g/mol. The van der Waals surface area contributed by atoms with Gasteiger partial charge in [0.2, 0.25) is 5.91 Å². The van der Waals surface area contributed by atoms with E-state index in [2.05, 4.69) is 10.2 Å². The average Bonchev–Trinajstić information content (AvgIpc) is 3.02. The van der Waals surface area contributed by atoms with Crippen LogP contribution in [0.15, 0.2) is 22.8 Å². The molecule has 0 spiro atoms. The molecule has 0 bridgehead atoms. The second-order valence-electron chi connectivity index (χ2n) is 6.88. The molecule has 2 saturated carbocycles. The van der Waals surface area contributed by atoms with Crippen LogP contribution in [-0.4, -0.2) is 42.6 Å². The van der Waals surface area contributed by atoms with Gasteiger partial charge in [0.15, 0.2) is 0 Å². The number of ether oxygens (including phenoxy) is 1. The Morgan fingerprint density at radius 1 is 1.36 bits per heavy atom. The van der Waals surface area contributed by atoms with Crippen LogP contribution in [0.25, 0.3) is 0 Å². The molecule has 0 unspecified atom stereocenters. The van der Waals surface area contributed by atoms with Gasteiger partial charge in [0.1, 0.15) is 5.76 Å². The first-order valence-electron chi connectivity index (χ1n) is 8.45. The van der Waals surface area contributed by atoms with Gasteiger partial charge in [-0.2, -0.15) is 0 Å². The van der Waals surface area contributed by atoms with Crippen molar-refractivity contribution in [3.63, 3.8) is 0 Å². The highest BCUT2D eigenvalue weighted by atomic mass is 16.5. The third-order valence-electron chi connectivity index (χ3n) is 5.22. The summed E-state index contributed by atoms with van der Waals surface area (Å²) < 4.78 is 11.4. The summed E-state index contributed by atoms with van der Waals surface area (Å²) >= 11 is 0. The van der Waals surface area contributed by atoms with Crippen LogP contribution in [0.3, 0.4) is 0 Å². The minimum atomic E-state index is 0.103. The number of fused-ring (bicyclic) bond motifs is 1. The van der Waals surface area contributed by atoms with Crippen LogP contribution in [0.4, 0.5) is 0 Å². The predicted molar refractivity (Wildman–Crippen MR) is 81.1 cm³/mol. The number of nitrogens with zero attached hydrogens (tertiary/aromatic N) is 1. The smallest absolute Gasteiger partial charge is 0.223 e. The summed E-state index contributed by atoms with van der Waals surface area (Å²) in [5, 5.41) is 3.13. The van der Waals surface area contributed by atoms with Gasteiger partial charge in [0, 0.05) is 25.0 Å². The number of hydrogen-bond donors (Lipinski definition) is 1. The third-order valence-corrected chi connectivity index (χ3v) is 5.22. The van der Waals surface area contributed by atoms with Gasteiger partial charge in [0.05, 0.1) is 25.5 Å². The van der Waals surface area contributed by atoms with Gasteiger partial charge in [-0.25, -0.2) is 0 Å². The van der Waals surface area contributed by atoms with Gasteiger partial charge >= 0.3 is 0 Å². The molecule has 2 heterocycles. The van der Waals surface area contributed by atoms with E-state index in [-0.39, 0.29) is 17.9 Å². The normalized spacial score (nSPS) is 31.9. The molecular formula is C17H24N2O3. The van der Waals surface area contributed by atoms with E-state index in [9.17, 15) is 4.79 Å². The van der Waals surface area contributed by atoms with Crippen LogP contribution in [0.5, 0.6) is 0 Å². The molecule has 120 valence electrons. The molecule has 1 aliphatic heterocycles. The molecular weight excluding hydrogens is 280 g/mol. The highest BCUT2D eigenvalue weighted by molar-refractivity contribution is 5.79. The van der Waals surface area contributed by atoms with Crippen molar-refractivity contribution in [3.8, 4) is 0 Å². The molecule has 3 aliphatic rings. The molecule has 0 aromatic carbocycles. The molecule has 1 aromatic heterocycles. The first kappa shape index (κ1) is 14.3. The highest BCUT2D eigenvalue weighted by Crippen LogP contribution is 2.35. The zero-order valence-corrected chi connectivity index (χ0v) is 12.9. The Labute approximate surface area is 131 Å². The topological polar surface area (TPSA) is 54.7 Å². The largest absolute Gasteiger partial charge is 0.468 e. The van der Waals surface area contributed by atoms with Gasteiger partial charge in [0.25, 0.3) is 0 Å². The van der Waals surface area contributed by atoms with Crippen LogP contribution in [0, 0.1) is 11.8 Å². The Morgan fingerprint density at radius 3 is 3.05 bits per heavy atom. The van der Waals surface area contributed by atoms with E-state index in [0.29, 0.717) is 6.04 Å². The lowest BCUT2D eigenvalue weighted by atomic mass is 10.1. The summed E-state index contributed by atoms with van der Waals surface area (Å²) in [4.78, 5) is 14.8. The van der Waals surface area contributed by atoms with Gasteiger partial charge in [-0.3, -0.25) is 9.69 Å². The Morgan fingerprint density at radius 2 is 2.27 bits per heavy atom. The minimum absolute atomic E-state index is 0.103. The van der Waals surface area contributed by atoms with Crippen LogP contribution < -0.4 is 5.32 Å². The van der Waals surface area contributed by atoms with Crippen molar-refractivity contribution < 1.29 is 13.9 Å². The molecule has 5 heteroatoms. The fourth-order valence-electron chi connectivity index (χ4n) is 3.75. The SMILES string of the molecule is O=C(NCC1CC1)[C@H]1C[C@@H]2[C@@H](C1)OCCN2Cc1ccco1. The van der Waals surface area contributed by atoms with Gasteiger partial charge in [-0.1, -0.05) is 0 Å². The molecule has 1 N–H and O–H groups in total. The number of nitrogens with one attached hydrogen (secondary N) is 1. The standard InChI is InChI=1S/C17H24N2O3/c20-17(18-10-12-3-4-12)13-8-15-16(9-13)22-7-5-19(15)11-14-2-1-6-21-14/h1-2,6,12-13,15-16H,3-5,7-11H2,(H,18,20)/t13-,15+,16+/m0/s1.